The number of carbonyl (C=O) groups excluding carboxylic acids is 4. The van der Waals surface area contributed by atoms with Crippen LogP contribution in [-0.4, -0.2) is 70.3 Å². The van der Waals surface area contributed by atoms with E-state index in [0.717, 1.165) is 11.1 Å². The van der Waals surface area contributed by atoms with Crippen LogP contribution in [0.1, 0.15) is 65.0 Å². The topological polar surface area (TPSA) is 134 Å². The first-order valence-electron chi connectivity index (χ1n) is 14.9. The Morgan fingerprint density at radius 2 is 1.53 bits per heavy atom. The van der Waals surface area contributed by atoms with Crippen molar-refractivity contribution in [2.75, 3.05) is 6.54 Å². The van der Waals surface area contributed by atoms with Crippen LogP contribution in [0.15, 0.2) is 60.7 Å². The SMILES string of the molecule is CC(C)C[C@@H](NC(=O)C(O)[C@@H]1CCCN1C(=O)[C@H](Cc1ccccc1)NC(=O)OCc1ccccc1)C(=O)OC(C)(C)C. The fourth-order valence-electron chi connectivity index (χ4n) is 5.04. The molecule has 0 bridgehead atoms. The molecule has 10 nitrogen and oxygen atoms in total. The molecule has 2 aromatic carbocycles. The van der Waals surface area contributed by atoms with Crippen molar-refractivity contribution in [1.82, 2.24) is 15.5 Å². The third-order valence-corrected chi connectivity index (χ3v) is 7.02. The normalized spacial score (nSPS) is 17.1. The minimum atomic E-state index is -1.58. The van der Waals surface area contributed by atoms with Gasteiger partial charge in [-0.05, 0) is 57.1 Å². The highest BCUT2D eigenvalue weighted by Crippen LogP contribution is 2.23. The largest absolute Gasteiger partial charge is 0.458 e. The molecule has 1 heterocycles. The Balaban J connectivity index is 1.73. The highest BCUT2D eigenvalue weighted by Gasteiger charge is 2.41. The number of esters is 1. The lowest BCUT2D eigenvalue weighted by Gasteiger charge is -2.32. The first kappa shape index (κ1) is 33.6. The number of hydrogen-bond donors (Lipinski definition) is 3. The summed E-state index contributed by atoms with van der Waals surface area (Å²) in [6.07, 6.45) is -0.848. The Morgan fingerprint density at radius 1 is 0.930 bits per heavy atom. The van der Waals surface area contributed by atoms with Crippen LogP contribution in [0.25, 0.3) is 0 Å². The summed E-state index contributed by atoms with van der Waals surface area (Å²) in [5.41, 5.74) is 0.888. The van der Waals surface area contributed by atoms with Crippen LogP contribution >= 0.6 is 0 Å². The van der Waals surface area contributed by atoms with Gasteiger partial charge in [-0.3, -0.25) is 9.59 Å². The number of rotatable bonds is 12. The van der Waals surface area contributed by atoms with E-state index in [-0.39, 0.29) is 18.9 Å². The molecule has 2 aromatic rings. The van der Waals surface area contributed by atoms with Crippen LogP contribution in [0.5, 0.6) is 0 Å². The standard InChI is InChI=1S/C33H45N3O7/c1-22(2)19-26(31(40)43-33(3,4)5)34-29(38)28(37)27-17-12-18-36(27)30(39)25(20-23-13-8-6-9-14-23)35-32(41)42-21-24-15-10-7-11-16-24/h6-11,13-16,22,25-28,37H,12,17-21H2,1-5H3,(H,34,38)(H,35,41)/t25-,26+,27-,28?/m0/s1. The van der Waals surface area contributed by atoms with Crippen LogP contribution in [0.4, 0.5) is 4.79 Å². The van der Waals surface area contributed by atoms with Crippen molar-refractivity contribution in [1.29, 1.82) is 0 Å². The fourth-order valence-corrected chi connectivity index (χ4v) is 5.04. The van der Waals surface area contributed by atoms with Gasteiger partial charge in [0.15, 0.2) is 6.10 Å². The molecule has 3 rings (SSSR count). The Labute approximate surface area is 254 Å². The van der Waals surface area contributed by atoms with Gasteiger partial charge >= 0.3 is 12.1 Å². The van der Waals surface area contributed by atoms with E-state index in [1.165, 1.54) is 4.90 Å². The van der Waals surface area contributed by atoms with Gasteiger partial charge in [0, 0.05) is 13.0 Å². The smallest absolute Gasteiger partial charge is 0.408 e. The Hall–Kier alpha value is -3.92. The van der Waals surface area contributed by atoms with Crippen LogP contribution < -0.4 is 10.6 Å². The maximum Gasteiger partial charge on any atom is 0.408 e. The summed E-state index contributed by atoms with van der Waals surface area (Å²) >= 11 is 0. The number of amides is 3. The van der Waals surface area contributed by atoms with E-state index < -0.39 is 53.7 Å². The zero-order valence-electron chi connectivity index (χ0n) is 25.7. The Bertz CT molecular complexity index is 1210. The summed E-state index contributed by atoms with van der Waals surface area (Å²) in [4.78, 5) is 54.1. The first-order valence-corrected chi connectivity index (χ1v) is 14.9. The van der Waals surface area contributed by atoms with E-state index in [1.807, 2.05) is 74.5 Å². The molecule has 1 unspecified atom stereocenters. The van der Waals surface area contributed by atoms with Gasteiger partial charge in [-0.25, -0.2) is 9.59 Å². The first-order chi connectivity index (χ1) is 20.3. The van der Waals surface area contributed by atoms with Gasteiger partial charge in [-0.2, -0.15) is 0 Å². The molecule has 0 saturated carbocycles. The van der Waals surface area contributed by atoms with E-state index >= 15 is 0 Å². The second kappa shape index (κ2) is 15.5. The molecule has 0 aromatic heterocycles. The fraction of sp³-hybridized carbons (Fsp3) is 0.515. The van der Waals surface area contributed by atoms with E-state index in [0.29, 0.717) is 25.8 Å². The zero-order valence-corrected chi connectivity index (χ0v) is 25.7. The third-order valence-electron chi connectivity index (χ3n) is 7.02. The number of aliphatic hydroxyl groups is 1. The van der Waals surface area contributed by atoms with Crippen LogP contribution in [0.3, 0.4) is 0 Å². The predicted octanol–water partition coefficient (Wildman–Crippen LogP) is 3.75. The number of ether oxygens (including phenoxy) is 2. The molecule has 43 heavy (non-hydrogen) atoms. The highest BCUT2D eigenvalue weighted by atomic mass is 16.6. The van der Waals surface area contributed by atoms with Gasteiger partial charge in [0.05, 0.1) is 6.04 Å². The van der Waals surface area contributed by atoms with Crippen molar-refractivity contribution in [3.63, 3.8) is 0 Å². The molecule has 234 valence electrons. The molecule has 3 amide bonds. The Morgan fingerprint density at radius 3 is 2.12 bits per heavy atom. The van der Waals surface area contributed by atoms with Gasteiger partial charge in [-0.1, -0.05) is 74.5 Å². The van der Waals surface area contributed by atoms with Crippen molar-refractivity contribution < 1.29 is 33.8 Å². The average Bonchev–Trinajstić information content (AvgIpc) is 3.44. The van der Waals surface area contributed by atoms with Crippen LogP contribution in [0.2, 0.25) is 0 Å². The number of benzene rings is 2. The minimum absolute atomic E-state index is 0.0410. The van der Waals surface area contributed by atoms with E-state index in [9.17, 15) is 24.3 Å². The van der Waals surface area contributed by atoms with Crippen molar-refractivity contribution in [3.05, 3.63) is 71.8 Å². The Kier molecular flexibility index (Phi) is 12.1. The van der Waals surface area contributed by atoms with Crippen LogP contribution in [-0.2, 0) is 36.9 Å². The van der Waals surface area contributed by atoms with Crippen molar-refractivity contribution >= 4 is 23.9 Å². The lowest BCUT2D eigenvalue weighted by atomic mass is 10.0. The lowest BCUT2D eigenvalue weighted by molar-refractivity contribution is -0.160. The number of aliphatic hydroxyl groups excluding tert-OH is 1. The number of carbonyl (C=O) groups is 4. The maximum absolute atomic E-state index is 13.9. The second-order valence-electron chi connectivity index (χ2n) is 12.4. The molecular formula is C33H45N3O7. The highest BCUT2D eigenvalue weighted by molar-refractivity contribution is 5.90. The van der Waals surface area contributed by atoms with Crippen molar-refractivity contribution in [2.24, 2.45) is 5.92 Å². The van der Waals surface area contributed by atoms with Gasteiger partial charge in [0.2, 0.25) is 5.91 Å². The lowest BCUT2D eigenvalue weighted by Crippen LogP contribution is -2.57. The van der Waals surface area contributed by atoms with E-state index in [2.05, 4.69) is 10.6 Å². The van der Waals surface area contributed by atoms with Crippen molar-refractivity contribution in [2.45, 2.75) is 96.7 Å². The average molecular weight is 596 g/mol. The second-order valence-corrected chi connectivity index (χ2v) is 12.4. The predicted molar refractivity (Wildman–Crippen MR) is 162 cm³/mol. The van der Waals surface area contributed by atoms with Crippen molar-refractivity contribution in [3.8, 4) is 0 Å². The monoisotopic (exact) mass is 595 g/mol. The molecule has 0 aliphatic carbocycles. The van der Waals surface area contributed by atoms with Gasteiger partial charge in [0.25, 0.3) is 5.91 Å². The van der Waals surface area contributed by atoms with Gasteiger partial charge < -0.3 is 30.1 Å². The quantitative estimate of drug-likeness (QED) is 0.318. The molecule has 3 N–H and O–H groups in total. The summed E-state index contributed by atoms with van der Waals surface area (Å²) in [5, 5.41) is 16.5. The summed E-state index contributed by atoms with van der Waals surface area (Å²) < 4.78 is 10.9. The molecule has 1 fully saturated rings. The number of hydrogen-bond acceptors (Lipinski definition) is 7. The zero-order chi connectivity index (χ0) is 31.6. The molecule has 0 spiro atoms. The van der Waals surface area contributed by atoms with E-state index in [1.54, 1.807) is 20.8 Å². The summed E-state index contributed by atoms with van der Waals surface area (Å²) in [6, 6.07) is 15.7. The van der Waals surface area contributed by atoms with E-state index in [4.69, 9.17) is 9.47 Å². The molecule has 1 aliphatic rings. The van der Waals surface area contributed by atoms with Gasteiger partial charge in [0.1, 0.15) is 24.3 Å². The molecule has 1 saturated heterocycles. The molecule has 1 aliphatic heterocycles. The molecular weight excluding hydrogens is 550 g/mol. The maximum atomic E-state index is 13.9. The minimum Gasteiger partial charge on any atom is -0.458 e. The van der Waals surface area contributed by atoms with Crippen LogP contribution in [0, 0.1) is 5.92 Å². The number of nitrogens with zero attached hydrogens (tertiary/aromatic N) is 1. The third kappa shape index (κ3) is 10.7. The number of nitrogens with one attached hydrogen (secondary N) is 2. The number of likely N-dealkylation sites (tertiary alicyclic amines) is 1. The molecule has 0 radical (unpaired) electrons. The molecule has 10 heteroatoms. The summed E-state index contributed by atoms with van der Waals surface area (Å²) in [7, 11) is 0. The number of alkyl carbamates (subject to hydrolysis) is 1. The molecule has 4 atom stereocenters. The summed E-state index contributed by atoms with van der Waals surface area (Å²) in [5.74, 6) is -1.69. The summed E-state index contributed by atoms with van der Waals surface area (Å²) in [6.45, 7) is 9.42. The van der Waals surface area contributed by atoms with Gasteiger partial charge in [-0.15, -0.1) is 0 Å².